The average molecular weight is 340 g/mol. The smallest absolute Gasteiger partial charge is 0.255 e. The molecule has 1 aliphatic heterocycles. The second-order valence-electron chi connectivity index (χ2n) is 6.16. The lowest BCUT2D eigenvalue weighted by atomic mass is 10.0. The molecular weight excluding hydrogens is 316 g/mol. The van der Waals surface area contributed by atoms with Gasteiger partial charge in [0, 0.05) is 35.8 Å². The van der Waals surface area contributed by atoms with E-state index in [1.807, 2.05) is 47.1 Å². The number of rotatable bonds is 6. The van der Waals surface area contributed by atoms with Crippen LogP contribution in [0.2, 0.25) is 0 Å². The number of carbonyl (C=O) groups is 1. The number of pyridine rings is 1. The molecule has 1 aromatic carbocycles. The standard InChI is InChI=1S/C20H24N2OS/c1-2-3-4-6-16-8-10-17(11-9-16)19(23)22-13-14-24-20(22)18-7-5-12-21-15-18/h5,7-12,15,20H,2-4,6,13-14H2,1H3/t20-/m0/s1. The Hall–Kier alpha value is -1.81. The van der Waals surface area contributed by atoms with E-state index in [2.05, 4.69) is 24.0 Å². The van der Waals surface area contributed by atoms with E-state index in [0.29, 0.717) is 0 Å². The van der Waals surface area contributed by atoms with Crippen LogP contribution >= 0.6 is 11.8 Å². The van der Waals surface area contributed by atoms with Crippen molar-refractivity contribution in [2.75, 3.05) is 12.3 Å². The Bertz CT molecular complexity index is 657. The second kappa shape index (κ2) is 8.34. The number of benzene rings is 1. The molecule has 0 bridgehead atoms. The van der Waals surface area contributed by atoms with Crippen molar-refractivity contribution in [3.05, 3.63) is 65.5 Å². The van der Waals surface area contributed by atoms with Gasteiger partial charge in [0.25, 0.3) is 5.91 Å². The summed E-state index contributed by atoms with van der Waals surface area (Å²) in [5.74, 6) is 1.09. The molecule has 1 aliphatic rings. The van der Waals surface area contributed by atoms with Gasteiger partial charge in [0.1, 0.15) is 5.37 Å². The van der Waals surface area contributed by atoms with Crippen molar-refractivity contribution in [2.45, 2.75) is 38.0 Å². The highest BCUT2D eigenvalue weighted by atomic mass is 32.2. The van der Waals surface area contributed by atoms with Crippen molar-refractivity contribution in [1.82, 2.24) is 9.88 Å². The fourth-order valence-corrected chi connectivity index (χ4v) is 4.27. The highest BCUT2D eigenvalue weighted by Gasteiger charge is 2.31. The number of amides is 1. The molecule has 3 rings (SSSR count). The fraction of sp³-hybridized carbons (Fsp3) is 0.400. The van der Waals surface area contributed by atoms with E-state index in [4.69, 9.17) is 0 Å². The summed E-state index contributed by atoms with van der Waals surface area (Å²) >= 11 is 1.81. The first-order valence-corrected chi connectivity index (χ1v) is 9.76. The van der Waals surface area contributed by atoms with Crippen LogP contribution in [0.4, 0.5) is 0 Å². The third-order valence-electron chi connectivity index (χ3n) is 4.39. The molecule has 4 heteroatoms. The van der Waals surface area contributed by atoms with E-state index < -0.39 is 0 Å². The van der Waals surface area contributed by atoms with Crippen LogP contribution in [-0.2, 0) is 6.42 Å². The minimum atomic E-state index is 0.0791. The largest absolute Gasteiger partial charge is 0.322 e. The Labute approximate surface area is 148 Å². The van der Waals surface area contributed by atoms with Crippen LogP contribution in [0.15, 0.2) is 48.8 Å². The molecule has 24 heavy (non-hydrogen) atoms. The van der Waals surface area contributed by atoms with Crippen LogP contribution in [0, 0.1) is 0 Å². The Kier molecular flexibility index (Phi) is 5.91. The Morgan fingerprint density at radius 1 is 1.25 bits per heavy atom. The number of hydrogen-bond acceptors (Lipinski definition) is 3. The summed E-state index contributed by atoms with van der Waals surface area (Å²) in [6, 6.07) is 12.1. The molecule has 0 aliphatic carbocycles. The van der Waals surface area contributed by atoms with Crippen LogP contribution in [0.5, 0.6) is 0 Å². The Morgan fingerprint density at radius 2 is 2.08 bits per heavy atom. The second-order valence-corrected chi connectivity index (χ2v) is 7.35. The third-order valence-corrected chi connectivity index (χ3v) is 5.65. The molecule has 1 saturated heterocycles. The maximum Gasteiger partial charge on any atom is 0.255 e. The highest BCUT2D eigenvalue weighted by molar-refractivity contribution is 7.99. The van der Waals surface area contributed by atoms with Gasteiger partial charge in [0.05, 0.1) is 0 Å². The lowest BCUT2D eigenvalue weighted by molar-refractivity contribution is 0.0760. The van der Waals surface area contributed by atoms with Crippen LogP contribution in [0.3, 0.4) is 0 Å². The summed E-state index contributed by atoms with van der Waals surface area (Å²) in [5.41, 5.74) is 3.20. The quantitative estimate of drug-likeness (QED) is 0.715. The van der Waals surface area contributed by atoms with Gasteiger partial charge >= 0.3 is 0 Å². The van der Waals surface area contributed by atoms with E-state index in [1.54, 1.807) is 6.20 Å². The number of hydrogen-bond donors (Lipinski definition) is 0. The normalized spacial score (nSPS) is 17.2. The predicted molar refractivity (Wildman–Crippen MR) is 100 cm³/mol. The van der Waals surface area contributed by atoms with Crippen LogP contribution in [-0.4, -0.2) is 28.1 Å². The zero-order valence-corrected chi connectivity index (χ0v) is 15.0. The molecule has 1 aromatic heterocycles. The predicted octanol–water partition coefficient (Wildman–Crippen LogP) is 4.70. The summed E-state index contributed by atoms with van der Waals surface area (Å²) < 4.78 is 0. The minimum absolute atomic E-state index is 0.0791. The molecule has 2 aromatic rings. The molecular formula is C20H24N2OS. The number of thioether (sulfide) groups is 1. The van der Waals surface area contributed by atoms with E-state index >= 15 is 0 Å². The van der Waals surface area contributed by atoms with E-state index in [-0.39, 0.29) is 11.3 Å². The molecule has 1 amide bonds. The SMILES string of the molecule is CCCCCc1ccc(C(=O)N2CCS[C@H]2c2cccnc2)cc1. The first-order valence-electron chi connectivity index (χ1n) is 8.71. The summed E-state index contributed by atoms with van der Waals surface area (Å²) in [6.45, 7) is 3.01. The average Bonchev–Trinajstić information content (AvgIpc) is 3.12. The van der Waals surface area contributed by atoms with Gasteiger partial charge in [-0.25, -0.2) is 0 Å². The molecule has 2 heterocycles. The zero-order chi connectivity index (χ0) is 16.8. The molecule has 0 spiro atoms. The molecule has 0 unspecified atom stereocenters. The van der Waals surface area contributed by atoms with Crippen molar-refractivity contribution < 1.29 is 4.79 Å². The van der Waals surface area contributed by atoms with Crippen molar-refractivity contribution in [2.24, 2.45) is 0 Å². The monoisotopic (exact) mass is 340 g/mol. The van der Waals surface area contributed by atoms with Crippen molar-refractivity contribution in [1.29, 1.82) is 0 Å². The van der Waals surface area contributed by atoms with Gasteiger partial charge < -0.3 is 4.90 Å². The summed E-state index contributed by atoms with van der Waals surface area (Å²) in [6.07, 6.45) is 8.44. The number of unbranched alkanes of at least 4 members (excludes halogenated alkanes) is 2. The maximum absolute atomic E-state index is 12.9. The van der Waals surface area contributed by atoms with Gasteiger partial charge in [-0.15, -0.1) is 11.8 Å². The summed E-state index contributed by atoms with van der Waals surface area (Å²) in [7, 11) is 0. The number of aromatic nitrogens is 1. The minimum Gasteiger partial charge on any atom is -0.322 e. The topological polar surface area (TPSA) is 33.2 Å². The zero-order valence-electron chi connectivity index (χ0n) is 14.1. The third kappa shape index (κ3) is 3.99. The summed E-state index contributed by atoms with van der Waals surface area (Å²) in [4.78, 5) is 19.1. The first kappa shape index (κ1) is 17.0. The number of aryl methyl sites for hydroxylation is 1. The molecule has 1 fully saturated rings. The molecule has 0 N–H and O–H groups in total. The lowest BCUT2D eigenvalue weighted by Crippen LogP contribution is -2.30. The number of nitrogens with zero attached hydrogens (tertiary/aromatic N) is 2. The first-order chi connectivity index (χ1) is 11.8. The van der Waals surface area contributed by atoms with Crippen molar-refractivity contribution in [3.63, 3.8) is 0 Å². The Morgan fingerprint density at radius 3 is 2.79 bits per heavy atom. The van der Waals surface area contributed by atoms with E-state index in [9.17, 15) is 4.79 Å². The van der Waals surface area contributed by atoms with Gasteiger partial charge in [-0.1, -0.05) is 38.0 Å². The fourth-order valence-electron chi connectivity index (χ4n) is 3.04. The van der Waals surface area contributed by atoms with Gasteiger partial charge in [-0.05, 0) is 36.6 Å². The van der Waals surface area contributed by atoms with Crippen molar-refractivity contribution >= 4 is 17.7 Å². The maximum atomic E-state index is 12.9. The van der Waals surface area contributed by atoms with Gasteiger partial charge in [-0.2, -0.15) is 0 Å². The highest BCUT2D eigenvalue weighted by Crippen LogP contribution is 2.38. The Balaban J connectivity index is 1.69. The van der Waals surface area contributed by atoms with Gasteiger partial charge in [-0.3, -0.25) is 9.78 Å². The molecule has 3 nitrogen and oxygen atoms in total. The van der Waals surface area contributed by atoms with Crippen LogP contribution < -0.4 is 0 Å². The van der Waals surface area contributed by atoms with E-state index in [0.717, 1.165) is 29.8 Å². The van der Waals surface area contributed by atoms with Gasteiger partial charge in [0.2, 0.25) is 0 Å². The van der Waals surface area contributed by atoms with Crippen molar-refractivity contribution in [3.8, 4) is 0 Å². The molecule has 0 saturated carbocycles. The molecule has 1 atom stereocenters. The lowest BCUT2D eigenvalue weighted by Gasteiger charge is -2.24. The van der Waals surface area contributed by atoms with Gasteiger partial charge in [0.15, 0.2) is 0 Å². The number of carbonyl (C=O) groups excluding carboxylic acids is 1. The van der Waals surface area contributed by atoms with Crippen LogP contribution in [0.1, 0.15) is 53.0 Å². The molecule has 126 valence electrons. The molecule has 0 radical (unpaired) electrons. The van der Waals surface area contributed by atoms with E-state index in [1.165, 1.54) is 24.8 Å². The summed E-state index contributed by atoms with van der Waals surface area (Å²) in [5, 5.41) is 0.0791. The van der Waals surface area contributed by atoms with Crippen LogP contribution in [0.25, 0.3) is 0 Å².